The number of piperidine rings is 2. The number of hydrogen-bond acceptors (Lipinski definition) is 14. The van der Waals surface area contributed by atoms with Gasteiger partial charge in [0.1, 0.15) is 17.5 Å². The SMILES string of the molecule is COc1cc(C(=O)NN2CCC(CN3CCN(c4ccc5c(c4)C(=O)N(C4CCC(=O)NC4=O)C5=O)CC3)CC2)ccc1Nc1ncc2c(n1)N(C1CCCC1)CC(F)(F)C(=O)N2C. The predicted octanol–water partition coefficient (Wildman–Crippen LogP) is 3.17. The first-order valence-electron chi connectivity index (χ1n) is 21.9. The zero-order chi connectivity index (χ0) is 44.9. The standard InChI is InChI=1S/C44H51F2N11O7/c1-52-34-23-47-43(50-37(34)56(28-5-3-4-6-28)25-44(45,46)42(52)63)48-32-10-7-27(21-35(32)64-2)38(59)51-55-15-13-26(14-16-55)24-53-17-19-54(20-18-53)29-8-9-30-31(22-29)41(62)57(40(30)61)33-11-12-36(58)49-39(33)60/h7-10,21-23,26,28,33H,3-6,11-20,24-25H2,1-2H3,(H,51,59)(H,47,48,50)(H,49,58,60). The van der Waals surface area contributed by atoms with Gasteiger partial charge in [-0.25, -0.2) is 9.99 Å². The highest BCUT2D eigenvalue weighted by molar-refractivity contribution is 6.23. The highest BCUT2D eigenvalue weighted by atomic mass is 19.3. The Bertz CT molecular complexity index is 2380. The summed E-state index contributed by atoms with van der Waals surface area (Å²) in [6, 6.07) is 8.99. The molecule has 0 spiro atoms. The van der Waals surface area contributed by atoms with Crippen molar-refractivity contribution < 1.29 is 42.3 Å². The van der Waals surface area contributed by atoms with Gasteiger partial charge in [0.05, 0.1) is 36.7 Å². The number of nitrogens with one attached hydrogen (secondary N) is 3. The number of fused-ring (bicyclic) bond motifs is 2. The number of hydrazine groups is 1. The smallest absolute Gasteiger partial charge is 0.342 e. The molecule has 1 aliphatic carbocycles. The highest BCUT2D eigenvalue weighted by Crippen LogP contribution is 2.40. The van der Waals surface area contributed by atoms with E-state index in [9.17, 15) is 28.8 Å². The Labute approximate surface area is 368 Å². The lowest BCUT2D eigenvalue weighted by molar-refractivity contribution is -0.140. The van der Waals surface area contributed by atoms with Gasteiger partial charge in [-0.15, -0.1) is 0 Å². The van der Waals surface area contributed by atoms with Crippen LogP contribution in [0, 0.1) is 5.92 Å². The number of hydrogen-bond donors (Lipinski definition) is 3. The van der Waals surface area contributed by atoms with Crippen molar-refractivity contribution in [3.8, 4) is 5.75 Å². The molecule has 5 aliphatic heterocycles. The molecule has 0 bridgehead atoms. The van der Waals surface area contributed by atoms with Gasteiger partial charge in [0.2, 0.25) is 17.8 Å². The Morgan fingerprint density at radius 1 is 0.906 bits per heavy atom. The maximum absolute atomic E-state index is 15.1. The number of rotatable bonds is 10. The molecule has 6 heterocycles. The van der Waals surface area contributed by atoms with Crippen LogP contribution in [0.4, 0.5) is 37.6 Å². The molecule has 338 valence electrons. The average Bonchev–Trinajstić information content (AvgIpc) is 3.90. The zero-order valence-electron chi connectivity index (χ0n) is 35.8. The van der Waals surface area contributed by atoms with Crippen LogP contribution in [0.5, 0.6) is 5.75 Å². The lowest BCUT2D eigenvalue weighted by Gasteiger charge is -2.39. The molecule has 64 heavy (non-hydrogen) atoms. The van der Waals surface area contributed by atoms with Gasteiger partial charge in [-0.3, -0.25) is 49.3 Å². The summed E-state index contributed by atoms with van der Waals surface area (Å²) in [5.74, 6) is -6.06. The van der Waals surface area contributed by atoms with Gasteiger partial charge in [0.25, 0.3) is 23.6 Å². The fourth-order valence-electron chi connectivity index (χ4n) is 9.81. The number of piperazine rings is 1. The minimum atomic E-state index is -3.59. The molecule has 20 heteroatoms. The van der Waals surface area contributed by atoms with E-state index < -0.39 is 48.0 Å². The number of amides is 6. The summed E-state index contributed by atoms with van der Waals surface area (Å²) in [7, 11) is 2.79. The molecule has 3 saturated heterocycles. The van der Waals surface area contributed by atoms with Crippen molar-refractivity contribution in [1.82, 2.24) is 35.5 Å². The third kappa shape index (κ3) is 8.31. The number of carbonyl (C=O) groups excluding carboxylic acids is 6. The second kappa shape index (κ2) is 17.4. The fraction of sp³-hybridized carbons (Fsp3) is 0.500. The third-order valence-corrected chi connectivity index (χ3v) is 13.4. The molecular formula is C44H51F2N11O7. The third-order valence-electron chi connectivity index (χ3n) is 13.4. The number of alkyl halides is 2. The van der Waals surface area contributed by atoms with Gasteiger partial charge < -0.3 is 24.8 Å². The number of aromatic nitrogens is 2. The Morgan fingerprint density at radius 3 is 2.36 bits per heavy atom. The topological polar surface area (TPSA) is 193 Å². The summed E-state index contributed by atoms with van der Waals surface area (Å²) in [5.41, 5.74) is 5.46. The van der Waals surface area contributed by atoms with Crippen LogP contribution in [-0.4, -0.2) is 145 Å². The number of nitrogens with zero attached hydrogens (tertiary/aromatic N) is 8. The number of halogens is 2. The van der Waals surface area contributed by atoms with Crippen LogP contribution in [0.3, 0.4) is 0 Å². The molecule has 18 nitrogen and oxygen atoms in total. The maximum atomic E-state index is 15.1. The Morgan fingerprint density at radius 2 is 1.64 bits per heavy atom. The minimum Gasteiger partial charge on any atom is -0.495 e. The van der Waals surface area contributed by atoms with E-state index in [-0.39, 0.29) is 53.4 Å². The Balaban J connectivity index is 0.758. The number of anilines is 5. The van der Waals surface area contributed by atoms with Gasteiger partial charge in [0, 0.05) is 76.6 Å². The summed E-state index contributed by atoms with van der Waals surface area (Å²) in [6.45, 7) is 4.66. The van der Waals surface area contributed by atoms with Crippen molar-refractivity contribution in [2.75, 3.05) is 86.5 Å². The van der Waals surface area contributed by atoms with Crippen molar-refractivity contribution >= 4 is 64.3 Å². The van der Waals surface area contributed by atoms with Crippen LogP contribution in [0.1, 0.15) is 82.4 Å². The van der Waals surface area contributed by atoms with Crippen LogP contribution < -0.4 is 35.5 Å². The number of benzene rings is 2. The van der Waals surface area contributed by atoms with Gasteiger partial charge in [-0.2, -0.15) is 13.8 Å². The van der Waals surface area contributed by atoms with Gasteiger partial charge in [-0.1, -0.05) is 12.8 Å². The largest absolute Gasteiger partial charge is 0.495 e. The maximum Gasteiger partial charge on any atom is 0.342 e. The molecule has 6 amide bonds. The molecule has 3 aromatic rings. The minimum absolute atomic E-state index is 0.0688. The normalized spacial score (nSPS) is 22.4. The van der Waals surface area contributed by atoms with Crippen LogP contribution >= 0.6 is 0 Å². The van der Waals surface area contributed by atoms with Crippen LogP contribution in [0.2, 0.25) is 0 Å². The molecule has 1 atom stereocenters. The molecule has 1 saturated carbocycles. The van der Waals surface area contributed by atoms with Crippen LogP contribution in [-0.2, 0) is 14.4 Å². The molecule has 9 rings (SSSR count). The van der Waals surface area contributed by atoms with E-state index in [4.69, 9.17) is 4.74 Å². The van der Waals surface area contributed by atoms with E-state index >= 15 is 8.78 Å². The van der Waals surface area contributed by atoms with Crippen molar-refractivity contribution in [3.05, 3.63) is 59.3 Å². The zero-order valence-corrected chi connectivity index (χ0v) is 35.8. The van der Waals surface area contributed by atoms with E-state index in [0.717, 1.165) is 86.7 Å². The average molecular weight is 884 g/mol. The van der Waals surface area contributed by atoms with Gasteiger partial charge in [0.15, 0.2) is 5.82 Å². The number of imide groups is 2. The second-order valence-electron chi connectivity index (χ2n) is 17.4. The first-order chi connectivity index (χ1) is 30.8. The van der Waals surface area contributed by atoms with E-state index in [1.165, 1.54) is 20.4 Å². The summed E-state index contributed by atoms with van der Waals surface area (Å²) in [4.78, 5) is 93.8. The van der Waals surface area contributed by atoms with Crippen molar-refractivity contribution in [1.29, 1.82) is 0 Å². The van der Waals surface area contributed by atoms with Crippen molar-refractivity contribution in [3.63, 3.8) is 0 Å². The molecule has 1 unspecified atom stereocenters. The summed E-state index contributed by atoms with van der Waals surface area (Å²) < 4.78 is 35.7. The Hall–Kier alpha value is -6.28. The van der Waals surface area contributed by atoms with E-state index in [0.29, 0.717) is 36.0 Å². The molecule has 3 N–H and O–H groups in total. The molecular weight excluding hydrogens is 833 g/mol. The highest BCUT2D eigenvalue weighted by Gasteiger charge is 2.49. The van der Waals surface area contributed by atoms with Crippen molar-refractivity contribution in [2.45, 2.75) is 69.4 Å². The first-order valence-corrected chi connectivity index (χ1v) is 21.9. The number of ether oxygens (including phenoxy) is 1. The lowest BCUT2D eigenvalue weighted by atomic mass is 9.96. The first kappa shape index (κ1) is 43.0. The summed E-state index contributed by atoms with van der Waals surface area (Å²) >= 11 is 0. The summed E-state index contributed by atoms with van der Waals surface area (Å²) in [5, 5.41) is 7.28. The molecule has 2 aromatic carbocycles. The van der Waals surface area contributed by atoms with Gasteiger partial charge >= 0.3 is 5.92 Å². The molecule has 6 aliphatic rings. The molecule has 0 radical (unpaired) electrons. The van der Waals surface area contributed by atoms with Crippen molar-refractivity contribution in [2.24, 2.45) is 5.92 Å². The van der Waals surface area contributed by atoms with E-state index in [1.54, 1.807) is 35.2 Å². The van der Waals surface area contributed by atoms with Gasteiger partial charge in [-0.05, 0) is 74.4 Å². The second-order valence-corrected chi connectivity index (χ2v) is 17.4. The van der Waals surface area contributed by atoms with E-state index in [2.05, 4.69) is 35.8 Å². The summed E-state index contributed by atoms with van der Waals surface area (Å²) in [6.07, 6.45) is 6.63. The lowest BCUT2D eigenvalue weighted by Crippen LogP contribution is -2.54. The van der Waals surface area contributed by atoms with Crippen LogP contribution in [0.25, 0.3) is 0 Å². The number of carbonyl (C=O) groups is 6. The Kier molecular flexibility index (Phi) is 11.7. The van der Waals surface area contributed by atoms with E-state index in [1.807, 2.05) is 11.1 Å². The quantitative estimate of drug-likeness (QED) is 0.252. The number of methoxy groups -OCH3 is 1. The molecule has 1 aromatic heterocycles. The van der Waals surface area contributed by atoms with Crippen LogP contribution in [0.15, 0.2) is 42.6 Å². The predicted molar refractivity (Wildman–Crippen MR) is 230 cm³/mol. The molecule has 4 fully saturated rings. The monoisotopic (exact) mass is 883 g/mol. The fourth-order valence-corrected chi connectivity index (χ4v) is 9.81.